The number of aliphatic hydroxyl groups is 1. The Morgan fingerprint density at radius 2 is 2.14 bits per heavy atom. The van der Waals surface area contributed by atoms with Gasteiger partial charge in [-0.05, 0) is 37.1 Å². The van der Waals surface area contributed by atoms with Gasteiger partial charge in [-0.1, -0.05) is 37.1 Å². The molecule has 0 aliphatic heterocycles. The summed E-state index contributed by atoms with van der Waals surface area (Å²) in [5.41, 5.74) is 2.01. The van der Waals surface area contributed by atoms with E-state index in [-0.39, 0.29) is 12.1 Å². The number of carbonyl (C=O) groups is 1. The maximum atomic E-state index is 10.6. The number of aliphatic hydroxyl groups excluding tert-OH is 1. The number of hydrogen-bond acceptors (Lipinski definition) is 3. The summed E-state index contributed by atoms with van der Waals surface area (Å²) in [7, 11) is 2.04. The largest absolute Gasteiger partial charge is 0.478 e. The van der Waals surface area contributed by atoms with Crippen LogP contribution in [0, 0.1) is 0 Å². The normalized spacial score (nSPS) is 22.8. The number of carboxylic acids is 1. The molecule has 21 heavy (non-hydrogen) atoms. The molecule has 0 spiro atoms. The molecule has 0 radical (unpaired) electrons. The van der Waals surface area contributed by atoms with Crippen molar-refractivity contribution < 1.29 is 15.0 Å². The highest BCUT2D eigenvalue weighted by atomic mass is 16.4. The van der Waals surface area contributed by atoms with Crippen molar-refractivity contribution in [3.63, 3.8) is 0 Å². The first-order valence-corrected chi connectivity index (χ1v) is 7.44. The molecule has 2 N–H and O–H groups in total. The van der Waals surface area contributed by atoms with Crippen molar-refractivity contribution in [3.8, 4) is 0 Å². The Morgan fingerprint density at radius 1 is 1.38 bits per heavy atom. The number of nitrogens with zero attached hydrogens (tertiary/aromatic N) is 1. The van der Waals surface area contributed by atoms with Crippen LogP contribution in [0.4, 0.5) is 0 Å². The molecule has 1 fully saturated rings. The number of rotatable bonds is 5. The first-order chi connectivity index (χ1) is 10.1. The van der Waals surface area contributed by atoms with Gasteiger partial charge in [0.2, 0.25) is 0 Å². The Morgan fingerprint density at radius 3 is 2.86 bits per heavy atom. The second-order valence-electron chi connectivity index (χ2n) is 5.75. The molecule has 1 saturated carbocycles. The van der Waals surface area contributed by atoms with Gasteiger partial charge >= 0.3 is 5.97 Å². The fraction of sp³-hybridized carbons (Fsp3) is 0.471. The molecule has 4 nitrogen and oxygen atoms in total. The predicted molar refractivity (Wildman–Crippen MR) is 82.8 cm³/mol. The standard InChI is InChI=1S/C17H23NO3/c1-18(15-7-2-3-8-16(15)19)12-14-6-4-5-13(11-14)9-10-17(20)21/h4-6,9-11,15-16,19H,2-3,7-8,12H2,1H3,(H,20,21)/b10-9+. The third-order valence-corrected chi connectivity index (χ3v) is 4.06. The Kier molecular flexibility index (Phi) is 5.53. The van der Waals surface area contributed by atoms with Crippen LogP contribution in [0.1, 0.15) is 36.8 Å². The zero-order valence-electron chi connectivity index (χ0n) is 12.4. The second-order valence-corrected chi connectivity index (χ2v) is 5.75. The number of carboxylic acid groups (broad SMARTS) is 1. The molecule has 0 aromatic heterocycles. The number of aliphatic carboxylic acids is 1. The van der Waals surface area contributed by atoms with Crippen LogP contribution >= 0.6 is 0 Å². The first kappa shape index (κ1) is 15.7. The molecule has 2 atom stereocenters. The van der Waals surface area contributed by atoms with Gasteiger partial charge < -0.3 is 10.2 Å². The Bertz CT molecular complexity index is 513. The molecule has 0 saturated heterocycles. The molecule has 114 valence electrons. The minimum absolute atomic E-state index is 0.219. The first-order valence-electron chi connectivity index (χ1n) is 7.44. The van der Waals surface area contributed by atoms with Gasteiger partial charge in [-0.15, -0.1) is 0 Å². The van der Waals surface area contributed by atoms with Crippen LogP contribution in [0.15, 0.2) is 30.3 Å². The van der Waals surface area contributed by atoms with E-state index in [1.807, 2.05) is 31.3 Å². The molecule has 1 aliphatic carbocycles. The van der Waals surface area contributed by atoms with E-state index < -0.39 is 5.97 Å². The van der Waals surface area contributed by atoms with Gasteiger partial charge in [0.15, 0.2) is 0 Å². The van der Waals surface area contributed by atoms with Crippen LogP contribution in [-0.2, 0) is 11.3 Å². The summed E-state index contributed by atoms with van der Waals surface area (Å²) >= 11 is 0. The van der Waals surface area contributed by atoms with Gasteiger partial charge in [-0.2, -0.15) is 0 Å². The minimum atomic E-state index is -0.942. The minimum Gasteiger partial charge on any atom is -0.478 e. The molecule has 1 aromatic rings. The summed E-state index contributed by atoms with van der Waals surface area (Å²) in [6, 6.07) is 8.06. The topological polar surface area (TPSA) is 60.8 Å². The summed E-state index contributed by atoms with van der Waals surface area (Å²) < 4.78 is 0. The number of likely N-dealkylation sites (N-methyl/N-ethyl adjacent to an activating group) is 1. The molecular weight excluding hydrogens is 266 g/mol. The predicted octanol–water partition coefficient (Wildman–Crippen LogP) is 2.52. The lowest BCUT2D eigenvalue weighted by molar-refractivity contribution is -0.131. The summed E-state index contributed by atoms with van der Waals surface area (Å²) in [6.07, 6.45) is 6.72. The number of benzene rings is 1. The van der Waals surface area contributed by atoms with Gasteiger partial charge in [0.1, 0.15) is 0 Å². The van der Waals surface area contributed by atoms with Crippen LogP contribution in [0.5, 0.6) is 0 Å². The molecule has 0 bridgehead atoms. The lowest BCUT2D eigenvalue weighted by atomic mass is 9.91. The van der Waals surface area contributed by atoms with E-state index in [4.69, 9.17) is 5.11 Å². The fourth-order valence-electron chi connectivity index (χ4n) is 2.97. The van der Waals surface area contributed by atoms with Gasteiger partial charge in [-0.3, -0.25) is 4.90 Å². The van der Waals surface area contributed by atoms with Crippen molar-refractivity contribution >= 4 is 12.0 Å². The molecule has 4 heteroatoms. The van der Waals surface area contributed by atoms with Crippen LogP contribution in [0.3, 0.4) is 0 Å². The van der Waals surface area contributed by atoms with Gasteiger partial charge in [-0.25, -0.2) is 4.79 Å². The lowest BCUT2D eigenvalue weighted by Gasteiger charge is -2.35. The van der Waals surface area contributed by atoms with Crippen LogP contribution in [-0.4, -0.2) is 40.3 Å². The second kappa shape index (κ2) is 7.38. The SMILES string of the molecule is CN(Cc1cccc(/C=C/C(=O)O)c1)C1CCCCC1O. The van der Waals surface area contributed by atoms with Crippen molar-refractivity contribution in [2.24, 2.45) is 0 Å². The smallest absolute Gasteiger partial charge is 0.328 e. The average Bonchev–Trinajstić information content (AvgIpc) is 2.46. The fourth-order valence-corrected chi connectivity index (χ4v) is 2.97. The Labute approximate surface area is 125 Å². The van der Waals surface area contributed by atoms with E-state index >= 15 is 0 Å². The van der Waals surface area contributed by atoms with Crippen molar-refractivity contribution in [1.82, 2.24) is 4.90 Å². The number of hydrogen-bond donors (Lipinski definition) is 2. The molecule has 2 unspecified atom stereocenters. The van der Waals surface area contributed by atoms with Crippen molar-refractivity contribution in [2.75, 3.05) is 7.05 Å². The summed E-state index contributed by atoms with van der Waals surface area (Å²) in [4.78, 5) is 12.8. The lowest BCUT2D eigenvalue weighted by Crippen LogP contribution is -2.42. The highest BCUT2D eigenvalue weighted by Gasteiger charge is 2.26. The summed E-state index contributed by atoms with van der Waals surface area (Å²) in [5.74, 6) is -0.942. The van der Waals surface area contributed by atoms with Crippen molar-refractivity contribution in [2.45, 2.75) is 44.4 Å². The molecule has 2 rings (SSSR count). The average molecular weight is 289 g/mol. The van der Waals surface area contributed by atoms with Gasteiger partial charge in [0, 0.05) is 18.7 Å². The molecule has 1 aromatic carbocycles. The van der Waals surface area contributed by atoms with E-state index in [0.717, 1.165) is 43.0 Å². The monoisotopic (exact) mass is 289 g/mol. The van der Waals surface area contributed by atoms with E-state index in [1.54, 1.807) is 6.08 Å². The van der Waals surface area contributed by atoms with Crippen molar-refractivity contribution in [3.05, 3.63) is 41.5 Å². The van der Waals surface area contributed by atoms with Crippen LogP contribution < -0.4 is 0 Å². The van der Waals surface area contributed by atoms with E-state index in [9.17, 15) is 9.90 Å². The van der Waals surface area contributed by atoms with Crippen molar-refractivity contribution in [1.29, 1.82) is 0 Å². The summed E-state index contributed by atoms with van der Waals surface area (Å²) in [6.45, 7) is 0.760. The highest BCUT2D eigenvalue weighted by molar-refractivity contribution is 5.85. The molecule has 1 aliphatic rings. The third kappa shape index (κ3) is 4.69. The Balaban J connectivity index is 2.01. The van der Waals surface area contributed by atoms with Crippen LogP contribution in [0.2, 0.25) is 0 Å². The quantitative estimate of drug-likeness (QED) is 0.818. The third-order valence-electron chi connectivity index (χ3n) is 4.06. The zero-order chi connectivity index (χ0) is 15.2. The zero-order valence-corrected chi connectivity index (χ0v) is 12.4. The van der Waals surface area contributed by atoms with Crippen LogP contribution in [0.25, 0.3) is 6.08 Å². The van der Waals surface area contributed by atoms with E-state index in [1.165, 1.54) is 6.42 Å². The molecule has 0 amide bonds. The van der Waals surface area contributed by atoms with E-state index in [2.05, 4.69) is 4.90 Å². The molecular formula is C17H23NO3. The summed E-state index contributed by atoms with van der Waals surface area (Å²) in [5, 5.41) is 18.8. The van der Waals surface area contributed by atoms with Gasteiger partial charge in [0.05, 0.1) is 6.10 Å². The van der Waals surface area contributed by atoms with Gasteiger partial charge in [0.25, 0.3) is 0 Å². The molecule has 0 heterocycles. The Hall–Kier alpha value is -1.65. The highest BCUT2D eigenvalue weighted by Crippen LogP contribution is 2.23. The van der Waals surface area contributed by atoms with E-state index in [0.29, 0.717) is 0 Å². The maximum Gasteiger partial charge on any atom is 0.328 e. The maximum absolute atomic E-state index is 10.6.